The molecule has 0 aliphatic rings. The fraction of sp³-hybridized carbons (Fsp3) is 0.417. The van der Waals surface area contributed by atoms with E-state index in [0.717, 1.165) is 0 Å². The highest BCUT2D eigenvalue weighted by Crippen LogP contribution is 2.28. The van der Waals surface area contributed by atoms with Crippen LogP contribution in [0.3, 0.4) is 0 Å². The molecule has 0 aliphatic carbocycles. The summed E-state index contributed by atoms with van der Waals surface area (Å²) in [6.07, 6.45) is -0.219. The van der Waals surface area contributed by atoms with Gasteiger partial charge in [-0.3, -0.25) is 4.79 Å². The van der Waals surface area contributed by atoms with E-state index in [9.17, 15) is 4.79 Å². The van der Waals surface area contributed by atoms with Crippen molar-refractivity contribution in [3.05, 3.63) is 28.2 Å². The Morgan fingerprint density at radius 1 is 1.39 bits per heavy atom. The van der Waals surface area contributed by atoms with E-state index in [0.29, 0.717) is 22.3 Å². The predicted molar refractivity (Wildman–Crippen MR) is 74.9 cm³/mol. The molecule has 3 nitrogen and oxygen atoms in total. The van der Waals surface area contributed by atoms with Crippen molar-refractivity contribution in [2.24, 2.45) is 0 Å². The minimum atomic E-state index is -0.559. The first-order valence-corrected chi connectivity index (χ1v) is 6.63. The molecule has 1 aromatic rings. The lowest BCUT2D eigenvalue weighted by Crippen LogP contribution is -2.37. The molecule has 2 atom stereocenters. The number of benzene rings is 1. The average molecular weight is 311 g/mol. The van der Waals surface area contributed by atoms with Gasteiger partial charge in [-0.05, 0) is 32.0 Å². The molecule has 6 heteroatoms. The topological polar surface area (TPSA) is 38.3 Å². The van der Waals surface area contributed by atoms with E-state index in [2.05, 4.69) is 5.32 Å². The van der Waals surface area contributed by atoms with Crippen molar-refractivity contribution in [1.29, 1.82) is 0 Å². The summed E-state index contributed by atoms with van der Waals surface area (Å²) in [4.78, 5) is 11.3. The molecule has 2 unspecified atom stereocenters. The van der Waals surface area contributed by atoms with Gasteiger partial charge in [0.25, 0.3) is 0 Å². The molecule has 1 amide bonds. The van der Waals surface area contributed by atoms with Crippen LogP contribution in [0.2, 0.25) is 10.0 Å². The second kappa shape index (κ2) is 7.07. The van der Waals surface area contributed by atoms with Gasteiger partial charge in [-0.25, -0.2) is 0 Å². The first kappa shape index (κ1) is 15.4. The number of alkyl halides is 1. The van der Waals surface area contributed by atoms with Crippen molar-refractivity contribution < 1.29 is 9.53 Å². The number of hydrogen-bond donors (Lipinski definition) is 1. The first-order valence-electron chi connectivity index (χ1n) is 5.43. The van der Waals surface area contributed by atoms with Gasteiger partial charge in [0.1, 0.15) is 17.2 Å². The van der Waals surface area contributed by atoms with Gasteiger partial charge in [-0.2, -0.15) is 0 Å². The van der Waals surface area contributed by atoms with Gasteiger partial charge < -0.3 is 10.1 Å². The van der Waals surface area contributed by atoms with E-state index in [1.54, 1.807) is 25.1 Å². The highest BCUT2D eigenvalue weighted by atomic mass is 35.5. The Kier molecular flexibility index (Phi) is 6.06. The van der Waals surface area contributed by atoms with Crippen molar-refractivity contribution in [2.75, 3.05) is 6.54 Å². The standard InChI is InChI=1S/C12H14Cl3NO2/c1-7(6-16-12(17)8(2)13)18-11-4-3-9(14)5-10(11)15/h3-5,7-8H,6H2,1-2H3,(H,16,17). The molecule has 18 heavy (non-hydrogen) atoms. The lowest BCUT2D eigenvalue weighted by molar-refractivity contribution is -0.120. The summed E-state index contributed by atoms with van der Waals surface area (Å²) in [7, 11) is 0. The summed E-state index contributed by atoms with van der Waals surface area (Å²) in [6, 6.07) is 4.98. The lowest BCUT2D eigenvalue weighted by Gasteiger charge is -2.17. The van der Waals surface area contributed by atoms with Gasteiger partial charge in [-0.1, -0.05) is 23.2 Å². The summed E-state index contributed by atoms with van der Waals surface area (Å²) in [5.41, 5.74) is 0. The Balaban J connectivity index is 2.49. The maximum Gasteiger partial charge on any atom is 0.237 e. The number of carbonyl (C=O) groups excluding carboxylic acids is 1. The van der Waals surface area contributed by atoms with E-state index in [1.807, 2.05) is 6.92 Å². The third-order valence-corrected chi connectivity index (χ3v) is 2.88. The van der Waals surface area contributed by atoms with Crippen molar-refractivity contribution in [2.45, 2.75) is 25.3 Å². The second-order valence-electron chi connectivity index (χ2n) is 3.86. The fourth-order valence-corrected chi connectivity index (χ4v) is 1.74. The molecule has 100 valence electrons. The SMILES string of the molecule is CC(CNC(=O)C(C)Cl)Oc1ccc(Cl)cc1Cl. The number of carbonyl (C=O) groups is 1. The normalized spacial score (nSPS) is 13.8. The van der Waals surface area contributed by atoms with E-state index in [-0.39, 0.29) is 12.0 Å². The Morgan fingerprint density at radius 2 is 2.06 bits per heavy atom. The van der Waals surface area contributed by atoms with Crippen LogP contribution in [0.1, 0.15) is 13.8 Å². The van der Waals surface area contributed by atoms with Gasteiger partial charge in [-0.15, -0.1) is 11.6 Å². The molecule has 1 aromatic carbocycles. The second-order valence-corrected chi connectivity index (χ2v) is 5.36. The molecule has 0 aliphatic heterocycles. The van der Waals surface area contributed by atoms with E-state index in [4.69, 9.17) is 39.5 Å². The number of nitrogens with one attached hydrogen (secondary N) is 1. The Labute approximate surface area is 121 Å². The molecule has 0 saturated carbocycles. The van der Waals surface area contributed by atoms with Crippen LogP contribution < -0.4 is 10.1 Å². The molecule has 1 N–H and O–H groups in total. The third kappa shape index (κ3) is 4.92. The van der Waals surface area contributed by atoms with Gasteiger partial charge in [0, 0.05) is 5.02 Å². The maximum absolute atomic E-state index is 11.3. The van der Waals surface area contributed by atoms with Gasteiger partial charge in [0.05, 0.1) is 11.6 Å². The lowest BCUT2D eigenvalue weighted by atomic mass is 10.3. The first-order chi connectivity index (χ1) is 8.40. The van der Waals surface area contributed by atoms with Crippen molar-refractivity contribution in [1.82, 2.24) is 5.32 Å². The molecule has 0 fully saturated rings. The summed E-state index contributed by atoms with van der Waals surface area (Å²) in [6.45, 7) is 3.79. The van der Waals surface area contributed by atoms with Crippen molar-refractivity contribution in [3.63, 3.8) is 0 Å². The highest BCUT2D eigenvalue weighted by molar-refractivity contribution is 6.35. The summed E-state index contributed by atoms with van der Waals surface area (Å²) in [5.74, 6) is 0.302. The Morgan fingerprint density at radius 3 is 2.61 bits per heavy atom. The molecule has 1 rings (SSSR count). The summed E-state index contributed by atoms with van der Waals surface area (Å²) in [5, 5.41) is 3.09. The summed E-state index contributed by atoms with van der Waals surface area (Å²) < 4.78 is 5.58. The van der Waals surface area contributed by atoms with Gasteiger partial charge in [0.2, 0.25) is 5.91 Å². The quantitative estimate of drug-likeness (QED) is 0.845. The predicted octanol–water partition coefficient (Wildman–Crippen LogP) is 3.50. The average Bonchev–Trinajstić information content (AvgIpc) is 2.29. The van der Waals surface area contributed by atoms with E-state index >= 15 is 0 Å². The van der Waals surface area contributed by atoms with Crippen LogP contribution in [0.25, 0.3) is 0 Å². The van der Waals surface area contributed by atoms with Crippen LogP contribution in [-0.2, 0) is 4.79 Å². The number of hydrogen-bond acceptors (Lipinski definition) is 2. The molecular weight excluding hydrogens is 296 g/mol. The van der Waals surface area contributed by atoms with Gasteiger partial charge in [0.15, 0.2) is 0 Å². The number of ether oxygens (including phenoxy) is 1. The van der Waals surface area contributed by atoms with Crippen LogP contribution in [0.15, 0.2) is 18.2 Å². The zero-order valence-electron chi connectivity index (χ0n) is 10.0. The highest BCUT2D eigenvalue weighted by Gasteiger charge is 2.12. The molecule has 0 spiro atoms. The van der Waals surface area contributed by atoms with E-state index in [1.165, 1.54) is 0 Å². The van der Waals surface area contributed by atoms with Gasteiger partial charge >= 0.3 is 0 Å². The largest absolute Gasteiger partial charge is 0.487 e. The van der Waals surface area contributed by atoms with Crippen molar-refractivity contribution >= 4 is 40.7 Å². The number of rotatable bonds is 5. The minimum absolute atomic E-state index is 0.219. The molecule has 0 heterocycles. The van der Waals surface area contributed by atoms with Crippen LogP contribution in [0.5, 0.6) is 5.75 Å². The third-order valence-electron chi connectivity index (χ3n) is 2.15. The molecule has 0 aromatic heterocycles. The van der Waals surface area contributed by atoms with Crippen LogP contribution >= 0.6 is 34.8 Å². The Hall–Kier alpha value is -0.640. The minimum Gasteiger partial charge on any atom is -0.487 e. The monoisotopic (exact) mass is 309 g/mol. The molecule has 0 bridgehead atoms. The molecule has 0 saturated heterocycles. The van der Waals surface area contributed by atoms with Crippen LogP contribution in [-0.4, -0.2) is 23.9 Å². The zero-order valence-corrected chi connectivity index (χ0v) is 12.3. The molecular formula is C12H14Cl3NO2. The van der Waals surface area contributed by atoms with E-state index < -0.39 is 5.38 Å². The molecule has 0 radical (unpaired) electrons. The number of halogens is 3. The fourth-order valence-electron chi connectivity index (χ4n) is 1.21. The van der Waals surface area contributed by atoms with Crippen molar-refractivity contribution in [3.8, 4) is 5.75 Å². The zero-order chi connectivity index (χ0) is 13.7. The van der Waals surface area contributed by atoms with Crippen LogP contribution in [0, 0.1) is 0 Å². The Bertz CT molecular complexity index is 424. The number of amides is 1. The van der Waals surface area contributed by atoms with Crippen LogP contribution in [0.4, 0.5) is 0 Å². The maximum atomic E-state index is 11.3. The smallest absolute Gasteiger partial charge is 0.237 e. The summed E-state index contributed by atoms with van der Waals surface area (Å²) >= 11 is 17.4.